The second-order valence-electron chi connectivity index (χ2n) is 7.27. The van der Waals surface area contributed by atoms with Crippen LogP contribution in [0.15, 0.2) is 42.6 Å². The minimum atomic E-state index is 0.177. The molecule has 5 heteroatoms. The molecule has 1 fully saturated rings. The van der Waals surface area contributed by atoms with Crippen molar-refractivity contribution in [2.45, 2.75) is 20.3 Å². The Hall–Kier alpha value is -2.46. The van der Waals surface area contributed by atoms with Gasteiger partial charge in [-0.25, -0.2) is 0 Å². The lowest BCUT2D eigenvalue weighted by molar-refractivity contribution is -0.130. The lowest BCUT2D eigenvalue weighted by Gasteiger charge is -2.37. The Balaban J connectivity index is 1.42. The van der Waals surface area contributed by atoms with Crippen LogP contribution in [0.4, 0.5) is 5.69 Å². The van der Waals surface area contributed by atoms with Gasteiger partial charge in [-0.05, 0) is 54.8 Å². The number of rotatable bonds is 3. The maximum absolute atomic E-state index is 12.8. The highest BCUT2D eigenvalue weighted by molar-refractivity contribution is 6.31. The fourth-order valence-corrected chi connectivity index (χ4v) is 4.02. The molecule has 0 spiro atoms. The van der Waals surface area contributed by atoms with E-state index in [1.165, 1.54) is 16.8 Å². The van der Waals surface area contributed by atoms with E-state index < -0.39 is 0 Å². The van der Waals surface area contributed by atoms with Crippen LogP contribution in [0.2, 0.25) is 5.02 Å². The molecule has 2 heterocycles. The first-order valence-corrected chi connectivity index (χ1v) is 9.75. The topological polar surface area (TPSA) is 39.3 Å². The summed E-state index contributed by atoms with van der Waals surface area (Å²) >= 11 is 6.12. The van der Waals surface area contributed by atoms with Crippen molar-refractivity contribution in [2.24, 2.45) is 0 Å². The van der Waals surface area contributed by atoms with Gasteiger partial charge in [0.2, 0.25) is 5.91 Å². The third-order valence-corrected chi connectivity index (χ3v) is 5.86. The Morgan fingerprint density at radius 2 is 1.89 bits per heavy atom. The standard InChI is InChI=1S/C22H24ClN3O/c1-15-4-3-5-21(16(15)2)25-8-10-26(11-9-25)22(27)12-17-14-24-20-7-6-18(23)13-19(17)20/h3-7,13-14,24H,8-12H2,1-2H3. The summed E-state index contributed by atoms with van der Waals surface area (Å²) in [6.07, 6.45) is 2.33. The zero-order valence-corrected chi connectivity index (χ0v) is 16.5. The van der Waals surface area contributed by atoms with Crippen molar-refractivity contribution >= 4 is 34.1 Å². The van der Waals surface area contributed by atoms with Gasteiger partial charge in [0, 0.05) is 54.0 Å². The molecule has 140 valence electrons. The molecule has 0 unspecified atom stereocenters. The van der Waals surface area contributed by atoms with Gasteiger partial charge >= 0.3 is 0 Å². The van der Waals surface area contributed by atoms with Crippen molar-refractivity contribution < 1.29 is 4.79 Å². The van der Waals surface area contributed by atoms with Crippen molar-refractivity contribution in [1.29, 1.82) is 0 Å². The van der Waals surface area contributed by atoms with Crippen molar-refractivity contribution in [2.75, 3.05) is 31.1 Å². The predicted molar refractivity (Wildman–Crippen MR) is 112 cm³/mol. The smallest absolute Gasteiger partial charge is 0.227 e. The van der Waals surface area contributed by atoms with E-state index in [0.29, 0.717) is 11.4 Å². The summed E-state index contributed by atoms with van der Waals surface area (Å²) in [5.41, 5.74) is 5.95. The van der Waals surface area contributed by atoms with Gasteiger partial charge < -0.3 is 14.8 Å². The number of carbonyl (C=O) groups excluding carboxylic acids is 1. The summed E-state index contributed by atoms with van der Waals surface area (Å²) in [4.78, 5) is 20.4. The molecule has 1 aromatic heterocycles. The van der Waals surface area contributed by atoms with Crippen LogP contribution in [0.25, 0.3) is 10.9 Å². The number of aromatic nitrogens is 1. The lowest BCUT2D eigenvalue weighted by Crippen LogP contribution is -2.49. The molecule has 4 nitrogen and oxygen atoms in total. The summed E-state index contributed by atoms with van der Waals surface area (Å²) in [5, 5.41) is 1.72. The second-order valence-corrected chi connectivity index (χ2v) is 7.70. The summed E-state index contributed by atoms with van der Waals surface area (Å²) < 4.78 is 0. The van der Waals surface area contributed by atoms with Crippen molar-refractivity contribution in [1.82, 2.24) is 9.88 Å². The Bertz CT molecular complexity index is 986. The number of fused-ring (bicyclic) bond motifs is 1. The quantitative estimate of drug-likeness (QED) is 0.733. The number of H-pyrrole nitrogens is 1. The number of amides is 1. The zero-order chi connectivity index (χ0) is 19.0. The van der Waals surface area contributed by atoms with E-state index in [-0.39, 0.29) is 5.91 Å². The fourth-order valence-electron chi connectivity index (χ4n) is 3.85. The van der Waals surface area contributed by atoms with Crippen molar-refractivity contribution in [3.63, 3.8) is 0 Å². The number of hydrogen-bond acceptors (Lipinski definition) is 2. The second kappa shape index (κ2) is 7.28. The Morgan fingerprint density at radius 3 is 2.67 bits per heavy atom. The van der Waals surface area contributed by atoms with E-state index in [2.05, 4.69) is 41.9 Å². The molecule has 0 saturated carbocycles. The minimum Gasteiger partial charge on any atom is -0.368 e. The van der Waals surface area contributed by atoms with Crippen molar-refractivity contribution in [3.8, 4) is 0 Å². The SMILES string of the molecule is Cc1cccc(N2CCN(C(=O)Cc3c[nH]c4ccc(Cl)cc34)CC2)c1C. The van der Waals surface area contributed by atoms with E-state index in [0.717, 1.165) is 42.6 Å². The van der Waals surface area contributed by atoms with E-state index in [4.69, 9.17) is 11.6 Å². The molecule has 4 rings (SSSR count). The van der Waals surface area contributed by atoms with Gasteiger partial charge in [0.05, 0.1) is 6.42 Å². The molecule has 0 radical (unpaired) electrons. The maximum Gasteiger partial charge on any atom is 0.227 e. The Labute approximate surface area is 164 Å². The van der Waals surface area contributed by atoms with Crippen LogP contribution in [0.3, 0.4) is 0 Å². The molecule has 0 bridgehead atoms. The van der Waals surface area contributed by atoms with Gasteiger partial charge in [-0.15, -0.1) is 0 Å². The van der Waals surface area contributed by atoms with Crippen LogP contribution in [0.5, 0.6) is 0 Å². The molecule has 0 atom stereocenters. The van der Waals surface area contributed by atoms with Gasteiger partial charge in [-0.3, -0.25) is 4.79 Å². The van der Waals surface area contributed by atoms with E-state index in [1.807, 2.05) is 29.3 Å². The summed E-state index contributed by atoms with van der Waals surface area (Å²) in [7, 11) is 0. The molecule has 2 aromatic carbocycles. The Kier molecular flexibility index (Phi) is 4.83. The van der Waals surface area contributed by atoms with Crippen molar-refractivity contribution in [3.05, 3.63) is 64.3 Å². The molecule has 1 saturated heterocycles. The lowest BCUT2D eigenvalue weighted by atomic mass is 10.1. The third-order valence-electron chi connectivity index (χ3n) is 5.62. The number of benzene rings is 2. The van der Waals surface area contributed by atoms with Crippen LogP contribution in [-0.2, 0) is 11.2 Å². The molecule has 1 aliphatic rings. The van der Waals surface area contributed by atoms with E-state index >= 15 is 0 Å². The normalized spacial score (nSPS) is 14.8. The zero-order valence-electron chi connectivity index (χ0n) is 15.8. The number of hydrogen-bond donors (Lipinski definition) is 1. The minimum absolute atomic E-state index is 0.177. The van der Waals surface area contributed by atoms with E-state index in [9.17, 15) is 4.79 Å². The van der Waals surface area contributed by atoms with Gasteiger partial charge in [0.15, 0.2) is 0 Å². The molecule has 3 aromatic rings. The molecule has 1 N–H and O–H groups in total. The molecular weight excluding hydrogens is 358 g/mol. The highest BCUT2D eigenvalue weighted by Gasteiger charge is 2.23. The number of piperazine rings is 1. The number of anilines is 1. The maximum atomic E-state index is 12.8. The summed E-state index contributed by atoms with van der Waals surface area (Å²) in [6.45, 7) is 7.58. The molecule has 27 heavy (non-hydrogen) atoms. The summed E-state index contributed by atoms with van der Waals surface area (Å²) in [5.74, 6) is 0.177. The average molecular weight is 382 g/mol. The first-order chi connectivity index (χ1) is 13.0. The monoisotopic (exact) mass is 381 g/mol. The molecular formula is C22H24ClN3O. The van der Waals surface area contributed by atoms with Crippen LogP contribution in [-0.4, -0.2) is 42.0 Å². The number of halogens is 1. The summed E-state index contributed by atoms with van der Waals surface area (Å²) in [6, 6.07) is 12.2. The number of carbonyl (C=O) groups is 1. The molecule has 1 amide bonds. The van der Waals surface area contributed by atoms with Crippen LogP contribution in [0, 0.1) is 13.8 Å². The van der Waals surface area contributed by atoms with Gasteiger partial charge in [0.1, 0.15) is 0 Å². The Morgan fingerprint density at radius 1 is 1.11 bits per heavy atom. The van der Waals surface area contributed by atoms with Gasteiger partial charge in [-0.1, -0.05) is 23.7 Å². The predicted octanol–water partition coefficient (Wildman–Crippen LogP) is 4.33. The third kappa shape index (κ3) is 3.54. The highest BCUT2D eigenvalue weighted by atomic mass is 35.5. The van der Waals surface area contributed by atoms with Crippen LogP contribution >= 0.6 is 11.6 Å². The largest absolute Gasteiger partial charge is 0.368 e. The van der Waals surface area contributed by atoms with E-state index in [1.54, 1.807) is 0 Å². The molecule has 0 aliphatic carbocycles. The number of aromatic amines is 1. The first kappa shape index (κ1) is 17.9. The first-order valence-electron chi connectivity index (χ1n) is 9.37. The number of aryl methyl sites for hydroxylation is 1. The fraction of sp³-hybridized carbons (Fsp3) is 0.318. The number of nitrogens with zero attached hydrogens (tertiary/aromatic N) is 2. The van der Waals surface area contributed by atoms with Crippen LogP contribution < -0.4 is 4.90 Å². The average Bonchev–Trinajstić information content (AvgIpc) is 3.06. The highest BCUT2D eigenvalue weighted by Crippen LogP contribution is 2.25. The number of nitrogens with one attached hydrogen (secondary N) is 1. The van der Waals surface area contributed by atoms with Gasteiger partial charge in [0.25, 0.3) is 0 Å². The van der Waals surface area contributed by atoms with Crippen LogP contribution in [0.1, 0.15) is 16.7 Å². The molecule has 1 aliphatic heterocycles. The van der Waals surface area contributed by atoms with Gasteiger partial charge in [-0.2, -0.15) is 0 Å².